The highest BCUT2D eigenvalue weighted by molar-refractivity contribution is 7.09. The molecule has 8 heteroatoms. The van der Waals surface area contributed by atoms with Crippen LogP contribution >= 0.6 is 46.9 Å². The number of hydrogen-bond acceptors (Lipinski definition) is 4. The Bertz CT molecular complexity index is 648. The quantitative estimate of drug-likeness (QED) is 0.827. The number of halogens is 3. The molecular weight excluding hydrogens is 365 g/mol. The zero-order valence-electron chi connectivity index (χ0n) is 11.8. The maximum absolute atomic E-state index is 12.2. The Morgan fingerprint density at radius 2 is 2.18 bits per heavy atom. The van der Waals surface area contributed by atoms with Crippen LogP contribution in [-0.2, 0) is 6.42 Å². The van der Waals surface area contributed by atoms with E-state index < -0.39 is 0 Å². The van der Waals surface area contributed by atoms with Crippen molar-refractivity contribution in [2.24, 2.45) is 5.73 Å². The van der Waals surface area contributed by atoms with Crippen LogP contribution in [0.5, 0.6) is 0 Å². The van der Waals surface area contributed by atoms with Crippen LogP contribution in [0.3, 0.4) is 0 Å². The summed E-state index contributed by atoms with van der Waals surface area (Å²) in [5.74, 6) is -0.238. The predicted octanol–water partition coefficient (Wildman–Crippen LogP) is 3.86. The first kappa shape index (κ1) is 19.2. The average molecular weight is 381 g/mol. The number of nitrogens with two attached hydrogens (primary N) is 1. The number of thiazole rings is 1. The number of nitrogens with zero attached hydrogens (tertiary/aromatic N) is 1. The van der Waals surface area contributed by atoms with E-state index in [0.717, 1.165) is 10.6 Å². The number of rotatable bonds is 5. The van der Waals surface area contributed by atoms with Gasteiger partial charge in [0.15, 0.2) is 0 Å². The molecule has 2 rings (SSSR count). The number of carbonyl (C=O) groups excluding carboxylic acids is 1. The van der Waals surface area contributed by atoms with Crippen LogP contribution in [0.25, 0.3) is 0 Å². The van der Waals surface area contributed by atoms with Gasteiger partial charge in [-0.3, -0.25) is 4.79 Å². The third-order valence-corrected chi connectivity index (χ3v) is 4.68. The average Bonchev–Trinajstić information content (AvgIpc) is 2.91. The van der Waals surface area contributed by atoms with Gasteiger partial charge in [0.05, 0.1) is 21.1 Å². The summed E-state index contributed by atoms with van der Waals surface area (Å²) in [5.41, 5.74) is 6.64. The second-order valence-corrected chi connectivity index (χ2v) is 6.23. The van der Waals surface area contributed by atoms with E-state index in [4.69, 9.17) is 28.9 Å². The number of nitrogens with one attached hydrogen (secondary N) is 1. The zero-order valence-corrected chi connectivity index (χ0v) is 15.0. The molecule has 120 valence electrons. The third-order valence-electron chi connectivity index (χ3n) is 2.94. The fourth-order valence-corrected chi connectivity index (χ4v) is 3.12. The van der Waals surface area contributed by atoms with Gasteiger partial charge in [0.1, 0.15) is 5.69 Å². The normalized spacial score (nSPS) is 11.6. The summed E-state index contributed by atoms with van der Waals surface area (Å²) in [5, 5.41) is 6.37. The van der Waals surface area contributed by atoms with E-state index >= 15 is 0 Å². The van der Waals surface area contributed by atoms with Crippen molar-refractivity contribution in [1.29, 1.82) is 0 Å². The molecule has 0 radical (unpaired) electrons. The molecule has 3 N–H and O–H groups in total. The largest absolute Gasteiger partial charge is 0.344 e. The van der Waals surface area contributed by atoms with E-state index in [1.807, 2.05) is 13.0 Å². The van der Waals surface area contributed by atoms with Crippen LogP contribution in [0.15, 0.2) is 23.6 Å². The molecule has 4 nitrogen and oxygen atoms in total. The molecule has 22 heavy (non-hydrogen) atoms. The summed E-state index contributed by atoms with van der Waals surface area (Å²) in [6.45, 7) is 2.37. The van der Waals surface area contributed by atoms with E-state index in [1.54, 1.807) is 17.5 Å². The molecule has 0 aliphatic carbocycles. The second-order valence-electron chi connectivity index (χ2n) is 4.50. The van der Waals surface area contributed by atoms with Gasteiger partial charge in [-0.1, -0.05) is 35.3 Å². The topological polar surface area (TPSA) is 68.0 Å². The van der Waals surface area contributed by atoms with Crippen molar-refractivity contribution in [3.8, 4) is 0 Å². The summed E-state index contributed by atoms with van der Waals surface area (Å²) in [6.07, 6.45) is 0.674. The van der Waals surface area contributed by atoms with E-state index in [2.05, 4.69) is 10.3 Å². The van der Waals surface area contributed by atoms with Crippen LogP contribution in [0, 0.1) is 0 Å². The van der Waals surface area contributed by atoms with Gasteiger partial charge in [0.25, 0.3) is 5.91 Å². The highest BCUT2D eigenvalue weighted by Gasteiger charge is 2.17. The smallest absolute Gasteiger partial charge is 0.271 e. The fraction of sp³-hybridized carbons (Fsp3) is 0.286. The number of benzene rings is 1. The minimum Gasteiger partial charge on any atom is -0.344 e. The van der Waals surface area contributed by atoms with Gasteiger partial charge in [-0.25, -0.2) is 4.98 Å². The van der Waals surface area contributed by atoms with Crippen molar-refractivity contribution < 1.29 is 4.79 Å². The van der Waals surface area contributed by atoms with E-state index in [-0.39, 0.29) is 24.4 Å². The number of carbonyl (C=O) groups is 1. The lowest BCUT2D eigenvalue weighted by molar-refractivity contribution is 0.0935. The zero-order chi connectivity index (χ0) is 15.4. The van der Waals surface area contributed by atoms with Crippen LogP contribution in [0.4, 0.5) is 0 Å². The minimum atomic E-state index is -0.261. The molecule has 0 saturated heterocycles. The fourth-order valence-electron chi connectivity index (χ4n) is 1.86. The maximum Gasteiger partial charge on any atom is 0.271 e. The molecule has 0 aliphatic heterocycles. The summed E-state index contributed by atoms with van der Waals surface area (Å²) in [6, 6.07) is 5.08. The molecule has 1 unspecified atom stereocenters. The molecule has 1 aromatic heterocycles. The Balaban J connectivity index is 0.00000242. The predicted molar refractivity (Wildman–Crippen MR) is 94.5 cm³/mol. The second kappa shape index (κ2) is 8.70. The van der Waals surface area contributed by atoms with Crippen molar-refractivity contribution >= 4 is 52.9 Å². The SMILES string of the molecule is CC(NC(=O)c1csc(CCN)n1)c1cccc(Cl)c1Cl.Cl. The van der Waals surface area contributed by atoms with Gasteiger partial charge >= 0.3 is 0 Å². The lowest BCUT2D eigenvalue weighted by Crippen LogP contribution is -2.27. The van der Waals surface area contributed by atoms with Crippen molar-refractivity contribution in [2.45, 2.75) is 19.4 Å². The first-order valence-corrected chi connectivity index (χ1v) is 8.05. The van der Waals surface area contributed by atoms with Crippen molar-refractivity contribution in [2.75, 3.05) is 6.54 Å². The highest BCUT2D eigenvalue weighted by atomic mass is 35.5. The summed E-state index contributed by atoms with van der Waals surface area (Å²) < 4.78 is 0. The van der Waals surface area contributed by atoms with Crippen LogP contribution in [-0.4, -0.2) is 17.4 Å². The van der Waals surface area contributed by atoms with E-state index in [0.29, 0.717) is 28.7 Å². The standard InChI is InChI=1S/C14H15Cl2N3OS.ClH/c1-8(9-3-2-4-10(15)13(9)16)18-14(20)11-7-21-12(19-11)5-6-17;/h2-4,7-8H,5-6,17H2,1H3,(H,18,20);1H. The van der Waals surface area contributed by atoms with Crippen LogP contribution in [0.1, 0.15) is 34.0 Å². The number of hydrogen-bond donors (Lipinski definition) is 2. The molecule has 2 aromatic rings. The minimum absolute atomic E-state index is 0. The molecule has 1 atom stereocenters. The van der Waals surface area contributed by atoms with Crippen LogP contribution in [0.2, 0.25) is 10.0 Å². The first-order valence-electron chi connectivity index (χ1n) is 6.42. The Hall–Kier alpha value is -0.850. The monoisotopic (exact) mass is 379 g/mol. The maximum atomic E-state index is 12.2. The molecule has 1 heterocycles. The van der Waals surface area contributed by atoms with Crippen molar-refractivity contribution in [1.82, 2.24) is 10.3 Å². The summed E-state index contributed by atoms with van der Waals surface area (Å²) in [7, 11) is 0. The Kier molecular flexibility index (Phi) is 7.59. The van der Waals surface area contributed by atoms with Gasteiger partial charge in [0, 0.05) is 11.8 Å². The highest BCUT2D eigenvalue weighted by Crippen LogP contribution is 2.29. The van der Waals surface area contributed by atoms with E-state index in [9.17, 15) is 4.79 Å². The lowest BCUT2D eigenvalue weighted by Gasteiger charge is -2.15. The van der Waals surface area contributed by atoms with Crippen LogP contribution < -0.4 is 11.1 Å². The van der Waals surface area contributed by atoms with Crippen molar-refractivity contribution in [3.05, 3.63) is 49.9 Å². The molecule has 1 amide bonds. The Morgan fingerprint density at radius 3 is 2.86 bits per heavy atom. The van der Waals surface area contributed by atoms with E-state index in [1.165, 1.54) is 11.3 Å². The number of aromatic nitrogens is 1. The summed E-state index contributed by atoms with van der Waals surface area (Å²) in [4.78, 5) is 16.4. The molecular formula is C14H16Cl3N3OS. The number of amides is 1. The Morgan fingerprint density at radius 1 is 1.45 bits per heavy atom. The molecule has 0 bridgehead atoms. The van der Waals surface area contributed by atoms with Gasteiger partial charge in [-0.2, -0.15) is 0 Å². The first-order chi connectivity index (χ1) is 10.0. The Labute approximate surface area is 149 Å². The van der Waals surface area contributed by atoms with Crippen molar-refractivity contribution in [3.63, 3.8) is 0 Å². The van der Waals surface area contributed by atoms with Gasteiger partial charge in [0.2, 0.25) is 0 Å². The molecule has 1 aromatic carbocycles. The molecule has 0 fully saturated rings. The molecule has 0 saturated carbocycles. The van der Waals surface area contributed by atoms with Gasteiger partial charge in [-0.15, -0.1) is 23.7 Å². The molecule has 0 spiro atoms. The third kappa shape index (κ3) is 4.57. The van der Waals surface area contributed by atoms with Gasteiger partial charge < -0.3 is 11.1 Å². The van der Waals surface area contributed by atoms with Gasteiger partial charge in [-0.05, 0) is 25.1 Å². The summed E-state index contributed by atoms with van der Waals surface area (Å²) >= 11 is 13.6. The lowest BCUT2D eigenvalue weighted by atomic mass is 10.1. The molecule has 0 aliphatic rings.